The Labute approximate surface area is 164 Å². The second-order valence-corrected chi connectivity index (χ2v) is 5.98. The van der Waals surface area contributed by atoms with Crippen LogP contribution in [0.25, 0.3) is 0 Å². The summed E-state index contributed by atoms with van der Waals surface area (Å²) in [5, 5.41) is 6.50. The van der Waals surface area contributed by atoms with Crippen LogP contribution in [0.3, 0.4) is 0 Å². The van der Waals surface area contributed by atoms with Crippen LogP contribution in [0.15, 0.2) is 54.7 Å². The third-order valence-corrected chi connectivity index (χ3v) is 4.18. The fourth-order valence-electron chi connectivity index (χ4n) is 2.66. The fraction of sp³-hybridized carbons (Fsp3) is 0.238. The molecular weight excluding hydrogens is 356 g/mol. The molecule has 0 amide bonds. The number of rotatable bonds is 9. The number of ether oxygens (including phenoxy) is 3. The molecule has 1 aromatic heterocycles. The zero-order valence-electron chi connectivity index (χ0n) is 16.2. The van der Waals surface area contributed by atoms with Gasteiger partial charge in [-0.1, -0.05) is 12.1 Å². The van der Waals surface area contributed by atoms with Gasteiger partial charge in [0.25, 0.3) is 0 Å². The van der Waals surface area contributed by atoms with Gasteiger partial charge in [0.1, 0.15) is 23.1 Å². The van der Waals surface area contributed by atoms with Crippen LogP contribution in [0.2, 0.25) is 0 Å². The minimum Gasteiger partial charge on any atom is -0.497 e. The minimum atomic E-state index is 0.561. The number of nitrogens with one attached hydrogen (secondary N) is 2. The van der Waals surface area contributed by atoms with Crippen molar-refractivity contribution >= 4 is 17.5 Å². The number of methoxy groups -OCH3 is 3. The quantitative estimate of drug-likeness (QED) is 0.583. The van der Waals surface area contributed by atoms with Crippen molar-refractivity contribution in [2.24, 2.45) is 0 Å². The van der Waals surface area contributed by atoms with Crippen LogP contribution in [0.5, 0.6) is 17.2 Å². The minimum absolute atomic E-state index is 0.561. The number of hydrogen-bond donors (Lipinski definition) is 2. The average molecular weight is 380 g/mol. The van der Waals surface area contributed by atoms with Crippen molar-refractivity contribution in [3.63, 3.8) is 0 Å². The molecule has 3 aromatic rings. The molecule has 7 heteroatoms. The van der Waals surface area contributed by atoms with E-state index in [1.165, 1.54) is 5.56 Å². The molecule has 2 N–H and O–H groups in total. The maximum atomic E-state index is 5.41. The Morgan fingerprint density at radius 1 is 0.857 bits per heavy atom. The van der Waals surface area contributed by atoms with E-state index in [-0.39, 0.29) is 0 Å². The molecule has 0 saturated carbocycles. The van der Waals surface area contributed by atoms with Gasteiger partial charge >= 0.3 is 0 Å². The lowest BCUT2D eigenvalue weighted by Crippen LogP contribution is -2.08. The van der Waals surface area contributed by atoms with Crippen LogP contribution in [0.1, 0.15) is 5.56 Å². The summed E-state index contributed by atoms with van der Waals surface area (Å²) in [5.41, 5.74) is 2.01. The first-order chi connectivity index (χ1) is 13.7. The van der Waals surface area contributed by atoms with E-state index in [1.807, 2.05) is 30.3 Å². The molecule has 0 spiro atoms. The van der Waals surface area contributed by atoms with E-state index in [0.717, 1.165) is 30.2 Å². The van der Waals surface area contributed by atoms with Gasteiger partial charge in [-0.15, -0.1) is 0 Å². The highest BCUT2D eigenvalue weighted by Crippen LogP contribution is 2.31. The van der Waals surface area contributed by atoms with Crippen LogP contribution in [0, 0.1) is 0 Å². The zero-order valence-corrected chi connectivity index (χ0v) is 16.2. The molecule has 7 nitrogen and oxygen atoms in total. The predicted molar refractivity (Wildman–Crippen MR) is 110 cm³/mol. The van der Waals surface area contributed by atoms with E-state index in [9.17, 15) is 0 Å². The van der Waals surface area contributed by atoms with Crippen LogP contribution < -0.4 is 24.8 Å². The molecule has 146 valence electrons. The van der Waals surface area contributed by atoms with Gasteiger partial charge in [0.15, 0.2) is 0 Å². The topological polar surface area (TPSA) is 77.5 Å². The third kappa shape index (κ3) is 5.03. The Morgan fingerprint density at radius 2 is 1.61 bits per heavy atom. The van der Waals surface area contributed by atoms with E-state index < -0.39 is 0 Å². The molecule has 0 atom stereocenters. The maximum Gasteiger partial charge on any atom is 0.224 e. The third-order valence-electron chi connectivity index (χ3n) is 4.18. The van der Waals surface area contributed by atoms with Crippen LogP contribution in [-0.4, -0.2) is 37.8 Å². The zero-order chi connectivity index (χ0) is 19.8. The first-order valence-electron chi connectivity index (χ1n) is 8.90. The Bertz CT molecular complexity index is 900. The predicted octanol–water partition coefficient (Wildman–Crippen LogP) is 3.90. The standard InChI is InChI=1S/C21H24N4O3/c1-26-16-6-4-15(5-7-16)10-12-22-21-23-13-11-20(25-21)24-18-9-8-17(27-2)14-19(18)28-3/h4-9,11,13-14H,10,12H2,1-3H3,(H2,22,23,24,25). The highest BCUT2D eigenvalue weighted by atomic mass is 16.5. The van der Waals surface area contributed by atoms with Gasteiger partial charge < -0.3 is 24.8 Å². The van der Waals surface area contributed by atoms with Crippen LogP contribution in [0.4, 0.5) is 17.5 Å². The van der Waals surface area contributed by atoms with Crippen molar-refractivity contribution in [1.29, 1.82) is 0 Å². The van der Waals surface area contributed by atoms with Crippen molar-refractivity contribution in [3.8, 4) is 17.2 Å². The Kier molecular flexibility index (Phi) is 6.51. The summed E-state index contributed by atoms with van der Waals surface area (Å²) in [5.74, 6) is 3.49. The van der Waals surface area contributed by atoms with Gasteiger partial charge in [0.2, 0.25) is 5.95 Å². The Morgan fingerprint density at radius 3 is 2.32 bits per heavy atom. The number of benzene rings is 2. The number of hydrogen-bond acceptors (Lipinski definition) is 7. The van der Waals surface area contributed by atoms with Gasteiger partial charge in [-0.3, -0.25) is 0 Å². The molecule has 0 radical (unpaired) electrons. The van der Waals surface area contributed by atoms with Crippen molar-refractivity contribution in [2.45, 2.75) is 6.42 Å². The molecule has 0 aliphatic rings. The first kappa shape index (κ1) is 19.3. The molecule has 3 rings (SSSR count). The van der Waals surface area contributed by atoms with E-state index in [4.69, 9.17) is 14.2 Å². The van der Waals surface area contributed by atoms with Crippen molar-refractivity contribution in [2.75, 3.05) is 38.5 Å². The van der Waals surface area contributed by atoms with Gasteiger partial charge in [0, 0.05) is 18.8 Å². The second kappa shape index (κ2) is 9.45. The number of anilines is 3. The van der Waals surface area contributed by atoms with Crippen molar-refractivity contribution in [3.05, 3.63) is 60.3 Å². The second-order valence-electron chi connectivity index (χ2n) is 5.98. The fourth-order valence-corrected chi connectivity index (χ4v) is 2.66. The summed E-state index contributed by atoms with van der Waals surface area (Å²) >= 11 is 0. The lowest BCUT2D eigenvalue weighted by atomic mass is 10.1. The molecule has 0 unspecified atom stereocenters. The Balaban J connectivity index is 1.60. The van der Waals surface area contributed by atoms with Crippen molar-refractivity contribution in [1.82, 2.24) is 9.97 Å². The van der Waals surface area contributed by atoms with E-state index in [1.54, 1.807) is 33.6 Å². The lowest BCUT2D eigenvalue weighted by molar-refractivity contribution is 0.395. The van der Waals surface area contributed by atoms with E-state index in [2.05, 4.69) is 32.7 Å². The summed E-state index contributed by atoms with van der Waals surface area (Å²) in [6, 6.07) is 15.4. The average Bonchev–Trinajstić information content (AvgIpc) is 2.75. The molecule has 0 bridgehead atoms. The molecule has 0 fully saturated rings. The molecule has 2 aromatic carbocycles. The lowest BCUT2D eigenvalue weighted by Gasteiger charge is -2.12. The molecular formula is C21H24N4O3. The molecule has 0 aliphatic heterocycles. The summed E-state index contributed by atoms with van der Waals surface area (Å²) in [4.78, 5) is 8.78. The smallest absolute Gasteiger partial charge is 0.224 e. The van der Waals surface area contributed by atoms with Crippen LogP contribution in [-0.2, 0) is 6.42 Å². The largest absolute Gasteiger partial charge is 0.497 e. The number of nitrogens with zero attached hydrogens (tertiary/aromatic N) is 2. The highest BCUT2D eigenvalue weighted by Gasteiger charge is 2.07. The first-order valence-corrected chi connectivity index (χ1v) is 8.90. The normalized spacial score (nSPS) is 10.2. The summed E-state index contributed by atoms with van der Waals surface area (Å²) < 4.78 is 15.8. The van der Waals surface area contributed by atoms with Gasteiger partial charge in [-0.05, 0) is 42.3 Å². The molecule has 28 heavy (non-hydrogen) atoms. The highest BCUT2D eigenvalue weighted by molar-refractivity contribution is 5.66. The van der Waals surface area contributed by atoms with E-state index >= 15 is 0 Å². The molecule has 1 heterocycles. The van der Waals surface area contributed by atoms with Crippen molar-refractivity contribution < 1.29 is 14.2 Å². The summed E-state index contributed by atoms with van der Waals surface area (Å²) in [6.07, 6.45) is 2.57. The summed E-state index contributed by atoms with van der Waals surface area (Å²) in [7, 11) is 4.90. The monoisotopic (exact) mass is 380 g/mol. The van der Waals surface area contributed by atoms with Crippen LogP contribution >= 0.6 is 0 Å². The summed E-state index contributed by atoms with van der Waals surface area (Å²) in [6.45, 7) is 0.724. The number of aromatic nitrogens is 2. The molecule has 0 aliphatic carbocycles. The Hall–Kier alpha value is -3.48. The molecule has 0 saturated heterocycles. The maximum absolute atomic E-state index is 5.41. The SMILES string of the molecule is COc1ccc(CCNc2nccc(Nc3ccc(OC)cc3OC)n2)cc1. The van der Waals surface area contributed by atoms with E-state index in [0.29, 0.717) is 17.5 Å². The van der Waals surface area contributed by atoms with Gasteiger partial charge in [-0.25, -0.2) is 4.98 Å². The van der Waals surface area contributed by atoms with Gasteiger partial charge in [0.05, 0.1) is 27.0 Å². The van der Waals surface area contributed by atoms with Gasteiger partial charge in [-0.2, -0.15) is 4.98 Å².